The van der Waals surface area contributed by atoms with E-state index in [4.69, 9.17) is 32.9 Å². The number of hydrogen-bond acceptors (Lipinski definition) is 4. The number of rotatable bonds is 4. The van der Waals surface area contributed by atoms with Gasteiger partial charge in [0, 0.05) is 26.0 Å². The highest BCUT2D eigenvalue weighted by atomic mass is 35.5. The zero-order valence-corrected chi connectivity index (χ0v) is 19.2. The van der Waals surface area contributed by atoms with Crippen LogP contribution in [-0.2, 0) is 19.4 Å². The number of aromatic nitrogens is 2. The number of aromatic amines is 1. The van der Waals surface area contributed by atoms with Crippen molar-refractivity contribution in [2.24, 2.45) is 5.92 Å². The molecule has 1 N–H and O–H groups in total. The molecule has 0 saturated heterocycles. The Hall–Kier alpha value is -2.34. The number of benzene rings is 2. The summed E-state index contributed by atoms with van der Waals surface area (Å²) in [7, 11) is 0. The lowest BCUT2D eigenvalue weighted by molar-refractivity contribution is 0.306. The van der Waals surface area contributed by atoms with Crippen LogP contribution in [0.2, 0.25) is 10.0 Å². The van der Waals surface area contributed by atoms with Crippen LogP contribution in [0, 0.1) is 5.92 Å². The predicted octanol–water partition coefficient (Wildman–Crippen LogP) is 6.66. The van der Waals surface area contributed by atoms with Crippen LogP contribution in [0.5, 0.6) is 5.75 Å². The second-order valence-corrected chi connectivity index (χ2v) is 9.92. The Morgan fingerprint density at radius 1 is 1.19 bits per heavy atom. The van der Waals surface area contributed by atoms with E-state index >= 15 is 0 Å². The largest absolute Gasteiger partial charge is 0.489 e. The minimum atomic E-state index is -0.0511. The van der Waals surface area contributed by atoms with Gasteiger partial charge >= 0.3 is 0 Å². The first-order chi connectivity index (χ1) is 15.0. The molecule has 158 valence electrons. The van der Waals surface area contributed by atoms with Crippen molar-refractivity contribution in [3.63, 3.8) is 0 Å². The van der Waals surface area contributed by atoms with Gasteiger partial charge < -0.3 is 9.72 Å². The van der Waals surface area contributed by atoms with Crippen molar-refractivity contribution in [1.82, 2.24) is 9.97 Å². The first-order valence-corrected chi connectivity index (χ1v) is 11.8. The average Bonchev–Trinajstić information content (AvgIpc) is 3.11. The second-order valence-electron chi connectivity index (χ2n) is 8.00. The lowest BCUT2D eigenvalue weighted by Gasteiger charge is -2.17. The average molecular weight is 471 g/mol. The van der Waals surface area contributed by atoms with Gasteiger partial charge in [0.25, 0.3) is 5.56 Å². The Morgan fingerprint density at radius 3 is 2.77 bits per heavy atom. The molecule has 2 aromatic carbocycles. The number of hydrogen-bond donors (Lipinski definition) is 1. The molecular weight excluding hydrogens is 451 g/mol. The van der Waals surface area contributed by atoms with Gasteiger partial charge in [0.1, 0.15) is 23.0 Å². The zero-order valence-electron chi connectivity index (χ0n) is 16.9. The van der Waals surface area contributed by atoms with Crippen molar-refractivity contribution in [2.45, 2.75) is 32.8 Å². The van der Waals surface area contributed by atoms with Crippen molar-refractivity contribution < 1.29 is 4.74 Å². The highest BCUT2D eigenvalue weighted by Crippen LogP contribution is 2.36. The van der Waals surface area contributed by atoms with Crippen molar-refractivity contribution in [3.05, 3.63) is 78.9 Å². The van der Waals surface area contributed by atoms with Crippen LogP contribution in [0.1, 0.15) is 29.3 Å². The summed E-state index contributed by atoms with van der Waals surface area (Å²) < 4.78 is 5.84. The second kappa shape index (κ2) is 8.30. The Bertz CT molecular complexity index is 1330. The fourth-order valence-electron chi connectivity index (χ4n) is 3.99. The SMILES string of the molecule is C[C@H]1CCc2c(sc3nc(-c4ccc(OCc5ccc(Cl)cc5Cl)cc4)[nH]c(=O)c23)C1. The molecule has 7 heteroatoms. The number of halogens is 2. The summed E-state index contributed by atoms with van der Waals surface area (Å²) >= 11 is 13.8. The van der Waals surface area contributed by atoms with E-state index in [1.807, 2.05) is 30.3 Å². The van der Waals surface area contributed by atoms with Gasteiger partial charge in [0.15, 0.2) is 0 Å². The number of nitrogens with zero attached hydrogens (tertiary/aromatic N) is 1. The monoisotopic (exact) mass is 470 g/mol. The van der Waals surface area contributed by atoms with Gasteiger partial charge in [-0.05, 0) is 67.1 Å². The van der Waals surface area contributed by atoms with Crippen molar-refractivity contribution in [2.75, 3.05) is 0 Å². The summed E-state index contributed by atoms with van der Waals surface area (Å²) in [5, 5.41) is 1.94. The Labute approximate surface area is 193 Å². The molecule has 4 aromatic rings. The summed E-state index contributed by atoms with van der Waals surface area (Å²) in [6.45, 7) is 2.61. The van der Waals surface area contributed by atoms with Crippen LogP contribution in [0.3, 0.4) is 0 Å². The highest BCUT2D eigenvalue weighted by Gasteiger charge is 2.23. The normalized spacial score (nSPS) is 15.8. The summed E-state index contributed by atoms with van der Waals surface area (Å²) in [5.41, 5.74) is 2.85. The molecule has 0 bridgehead atoms. The fourth-order valence-corrected chi connectivity index (χ4v) is 5.84. The summed E-state index contributed by atoms with van der Waals surface area (Å²) in [5.74, 6) is 1.95. The van der Waals surface area contributed by atoms with Gasteiger partial charge in [-0.1, -0.05) is 36.2 Å². The molecule has 0 saturated carbocycles. The van der Waals surface area contributed by atoms with E-state index in [1.165, 1.54) is 10.4 Å². The quantitative estimate of drug-likeness (QED) is 0.362. The number of thiophene rings is 1. The van der Waals surface area contributed by atoms with Gasteiger partial charge in [0.05, 0.1) is 5.39 Å². The number of ether oxygens (including phenoxy) is 1. The van der Waals surface area contributed by atoms with E-state index in [-0.39, 0.29) is 5.56 Å². The molecular formula is C24H20Cl2N2O2S. The molecule has 4 nitrogen and oxygen atoms in total. The molecule has 2 heterocycles. The minimum Gasteiger partial charge on any atom is -0.489 e. The Balaban J connectivity index is 1.38. The third kappa shape index (κ3) is 4.10. The minimum absolute atomic E-state index is 0.0511. The first kappa shape index (κ1) is 20.6. The molecule has 5 rings (SSSR count). The van der Waals surface area contributed by atoms with E-state index < -0.39 is 0 Å². The Kier molecular flexibility index (Phi) is 5.51. The molecule has 0 radical (unpaired) electrons. The lowest BCUT2D eigenvalue weighted by Crippen LogP contribution is -2.13. The van der Waals surface area contributed by atoms with Crippen LogP contribution >= 0.6 is 34.5 Å². The maximum absolute atomic E-state index is 12.8. The third-order valence-corrected chi connectivity index (χ3v) is 7.44. The van der Waals surface area contributed by atoms with E-state index in [2.05, 4.69) is 11.9 Å². The van der Waals surface area contributed by atoms with Crippen molar-refractivity contribution >= 4 is 44.8 Å². The molecule has 2 aromatic heterocycles. The molecule has 0 spiro atoms. The number of H-pyrrole nitrogens is 1. The molecule has 1 aliphatic rings. The van der Waals surface area contributed by atoms with Crippen LogP contribution in [0.4, 0.5) is 0 Å². The van der Waals surface area contributed by atoms with Crippen molar-refractivity contribution in [1.29, 1.82) is 0 Å². The van der Waals surface area contributed by atoms with Crippen LogP contribution in [0.25, 0.3) is 21.6 Å². The lowest BCUT2D eigenvalue weighted by atomic mass is 9.89. The maximum atomic E-state index is 12.8. The number of nitrogens with one attached hydrogen (secondary N) is 1. The number of aryl methyl sites for hydroxylation is 1. The molecule has 0 amide bonds. The van der Waals surface area contributed by atoms with Crippen LogP contribution < -0.4 is 10.3 Å². The standard InChI is InChI=1S/C24H20Cl2N2O2S/c1-13-2-9-18-20(10-13)31-24-21(18)23(29)27-22(28-24)14-4-7-17(8-5-14)30-12-15-3-6-16(25)11-19(15)26/h3-8,11,13H,2,9-10,12H2,1H3,(H,27,28,29)/t13-/m0/s1. The van der Waals surface area contributed by atoms with Gasteiger partial charge in [0.2, 0.25) is 0 Å². The summed E-state index contributed by atoms with van der Waals surface area (Å²) in [4.78, 5) is 22.7. The first-order valence-electron chi connectivity index (χ1n) is 10.2. The topological polar surface area (TPSA) is 55.0 Å². The van der Waals surface area contributed by atoms with Crippen LogP contribution in [0.15, 0.2) is 47.3 Å². The van der Waals surface area contributed by atoms with Gasteiger partial charge in [-0.15, -0.1) is 11.3 Å². The third-order valence-electron chi connectivity index (χ3n) is 5.70. The molecule has 0 aliphatic heterocycles. The maximum Gasteiger partial charge on any atom is 0.260 e. The molecule has 0 unspecified atom stereocenters. The fraction of sp³-hybridized carbons (Fsp3) is 0.250. The highest BCUT2D eigenvalue weighted by molar-refractivity contribution is 7.18. The van der Waals surface area contributed by atoms with Gasteiger partial charge in [-0.2, -0.15) is 0 Å². The Morgan fingerprint density at radius 2 is 2.00 bits per heavy atom. The van der Waals surface area contributed by atoms with E-state index in [1.54, 1.807) is 23.5 Å². The van der Waals surface area contributed by atoms with Gasteiger partial charge in [-0.3, -0.25) is 4.79 Å². The molecule has 1 aliphatic carbocycles. The smallest absolute Gasteiger partial charge is 0.260 e. The van der Waals surface area contributed by atoms with Crippen molar-refractivity contribution in [3.8, 4) is 17.1 Å². The van der Waals surface area contributed by atoms with E-state index in [9.17, 15) is 4.79 Å². The van der Waals surface area contributed by atoms with E-state index in [0.29, 0.717) is 34.1 Å². The van der Waals surface area contributed by atoms with Gasteiger partial charge in [-0.25, -0.2) is 4.98 Å². The van der Waals surface area contributed by atoms with Crippen LogP contribution in [-0.4, -0.2) is 9.97 Å². The molecule has 0 fully saturated rings. The van der Waals surface area contributed by atoms with E-state index in [0.717, 1.165) is 40.6 Å². The number of fused-ring (bicyclic) bond motifs is 3. The molecule has 31 heavy (non-hydrogen) atoms. The molecule has 1 atom stereocenters. The summed E-state index contributed by atoms with van der Waals surface area (Å²) in [6.07, 6.45) is 3.13. The summed E-state index contributed by atoms with van der Waals surface area (Å²) in [6, 6.07) is 12.9. The zero-order chi connectivity index (χ0) is 21.5. The predicted molar refractivity (Wildman–Crippen MR) is 128 cm³/mol.